The second kappa shape index (κ2) is 7.77. The molecule has 0 N–H and O–H groups in total. The fourth-order valence-corrected chi connectivity index (χ4v) is 4.08. The average Bonchev–Trinajstić information content (AvgIpc) is 2.65. The first-order valence-corrected chi connectivity index (χ1v) is 10.3. The molecule has 7 nitrogen and oxygen atoms in total. The topological polar surface area (TPSA) is 81.5 Å². The van der Waals surface area contributed by atoms with Gasteiger partial charge in [0.2, 0.25) is 10.0 Å². The highest BCUT2D eigenvalue weighted by molar-refractivity contribution is 7.89. The maximum absolute atomic E-state index is 12.6. The van der Waals surface area contributed by atoms with Crippen LogP contribution in [0.3, 0.4) is 0 Å². The van der Waals surface area contributed by atoms with Gasteiger partial charge in [0.1, 0.15) is 12.4 Å². The Kier molecular flexibility index (Phi) is 5.64. The molecular weight excluding hydrogens is 378 g/mol. The first kappa shape index (κ1) is 18.9. The Morgan fingerprint density at radius 1 is 1.31 bits per heavy atom. The predicted molar refractivity (Wildman–Crippen MR) is 99.0 cm³/mol. The van der Waals surface area contributed by atoms with E-state index in [0.717, 1.165) is 0 Å². The highest BCUT2D eigenvalue weighted by Crippen LogP contribution is 2.23. The summed E-state index contributed by atoms with van der Waals surface area (Å²) in [6.45, 7) is 2.68. The van der Waals surface area contributed by atoms with Gasteiger partial charge in [0.05, 0.1) is 35.9 Å². The third kappa shape index (κ3) is 3.92. The van der Waals surface area contributed by atoms with E-state index < -0.39 is 10.0 Å². The number of fused-ring (bicyclic) bond motifs is 1. The molecule has 0 unspecified atom stereocenters. The van der Waals surface area contributed by atoms with Crippen molar-refractivity contribution in [3.05, 3.63) is 57.2 Å². The molecule has 9 heteroatoms. The molecule has 0 fully saturated rings. The zero-order valence-electron chi connectivity index (χ0n) is 14.4. The molecule has 26 heavy (non-hydrogen) atoms. The summed E-state index contributed by atoms with van der Waals surface area (Å²) in [5, 5.41) is 0.514. The second-order valence-electron chi connectivity index (χ2n) is 5.93. The van der Waals surface area contributed by atoms with Crippen LogP contribution in [0.25, 0.3) is 0 Å². The van der Waals surface area contributed by atoms with Crippen molar-refractivity contribution in [1.82, 2.24) is 13.9 Å². The van der Waals surface area contributed by atoms with E-state index in [4.69, 9.17) is 16.3 Å². The lowest BCUT2D eigenvalue weighted by Gasteiger charge is -2.26. The Balaban J connectivity index is 1.70. The minimum Gasteiger partial charge on any atom is -0.490 e. The number of nitrogens with zero attached hydrogens (tertiary/aromatic N) is 3. The van der Waals surface area contributed by atoms with Crippen molar-refractivity contribution in [2.45, 2.75) is 26.4 Å². The maximum Gasteiger partial charge on any atom is 0.256 e. The highest BCUT2D eigenvalue weighted by Gasteiger charge is 2.27. The minimum absolute atomic E-state index is 0.0405. The van der Waals surface area contributed by atoms with Crippen LogP contribution >= 0.6 is 11.6 Å². The number of para-hydroxylation sites is 1. The summed E-state index contributed by atoms with van der Waals surface area (Å²) in [7, 11) is -3.28. The predicted octanol–water partition coefficient (Wildman–Crippen LogP) is 1.68. The Bertz CT molecular complexity index is 959. The lowest BCUT2D eigenvalue weighted by molar-refractivity contribution is 0.294. The number of hydrogen-bond acceptors (Lipinski definition) is 5. The lowest BCUT2D eigenvalue weighted by Crippen LogP contribution is -2.41. The molecule has 0 aliphatic carbocycles. The first-order valence-electron chi connectivity index (χ1n) is 8.34. The lowest BCUT2D eigenvalue weighted by atomic mass is 10.1. The van der Waals surface area contributed by atoms with Crippen molar-refractivity contribution in [3.8, 4) is 5.75 Å². The van der Waals surface area contributed by atoms with Crippen LogP contribution in [0, 0.1) is 0 Å². The van der Waals surface area contributed by atoms with Gasteiger partial charge in [0, 0.05) is 12.1 Å². The normalized spacial score (nSPS) is 14.8. The van der Waals surface area contributed by atoms with Crippen molar-refractivity contribution >= 4 is 21.6 Å². The van der Waals surface area contributed by atoms with Crippen molar-refractivity contribution < 1.29 is 13.2 Å². The number of ether oxygens (including phenoxy) is 1. The summed E-state index contributed by atoms with van der Waals surface area (Å²) in [5.74, 6) is 0.604. The van der Waals surface area contributed by atoms with Crippen molar-refractivity contribution in [3.63, 3.8) is 0 Å². The highest BCUT2D eigenvalue weighted by atomic mass is 35.5. The van der Waals surface area contributed by atoms with Crippen LogP contribution in [-0.4, -0.2) is 41.2 Å². The van der Waals surface area contributed by atoms with Crippen LogP contribution < -0.4 is 10.3 Å². The third-order valence-electron chi connectivity index (χ3n) is 4.34. The van der Waals surface area contributed by atoms with Gasteiger partial charge in [-0.25, -0.2) is 13.4 Å². The van der Waals surface area contributed by atoms with Gasteiger partial charge in [-0.3, -0.25) is 9.36 Å². The number of aromatic nitrogens is 2. The van der Waals surface area contributed by atoms with Crippen molar-refractivity contribution in [2.75, 3.05) is 18.9 Å². The molecule has 0 radical (unpaired) electrons. The molecule has 1 aliphatic heterocycles. The van der Waals surface area contributed by atoms with E-state index in [9.17, 15) is 13.2 Å². The van der Waals surface area contributed by atoms with Crippen molar-refractivity contribution in [2.24, 2.45) is 0 Å². The summed E-state index contributed by atoms with van der Waals surface area (Å²) in [6, 6.07) is 7.14. The number of benzene rings is 1. The van der Waals surface area contributed by atoms with Gasteiger partial charge in [-0.05, 0) is 25.5 Å². The molecule has 3 rings (SSSR count). The van der Waals surface area contributed by atoms with Gasteiger partial charge in [0.15, 0.2) is 0 Å². The van der Waals surface area contributed by atoms with Crippen LogP contribution in [0.1, 0.15) is 18.2 Å². The van der Waals surface area contributed by atoms with Crippen molar-refractivity contribution in [1.29, 1.82) is 0 Å². The molecule has 0 bridgehead atoms. The monoisotopic (exact) mass is 397 g/mol. The molecule has 140 valence electrons. The van der Waals surface area contributed by atoms with Gasteiger partial charge < -0.3 is 4.74 Å². The number of sulfonamides is 1. The molecule has 0 spiro atoms. The van der Waals surface area contributed by atoms with Gasteiger partial charge in [-0.2, -0.15) is 4.31 Å². The van der Waals surface area contributed by atoms with E-state index in [-0.39, 0.29) is 24.5 Å². The fraction of sp³-hybridized carbons (Fsp3) is 0.412. The Morgan fingerprint density at radius 2 is 2.08 bits per heavy atom. The van der Waals surface area contributed by atoms with E-state index in [1.54, 1.807) is 19.1 Å². The number of hydrogen-bond donors (Lipinski definition) is 0. The van der Waals surface area contributed by atoms with E-state index in [0.29, 0.717) is 41.5 Å². The quantitative estimate of drug-likeness (QED) is 0.740. The van der Waals surface area contributed by atoms with Crippen LogP contribution in [0.4, 0.5) is 0 Å². The molecule has 0 atom stereocenters. The van der Waals surface area contributed by atoms with E-state index in [1.807, 2.05) is 12.1 Å². The zero-order chi connectivity index (χ0) is 18.7. The summed E-state index contributed by atoms with van der Waals surface area (Å²) >= 11 is 6.03. The molecule has 0 saturated heterocycles. The molecule has 1 aliphatic rings. The van der Waals surface area contributed by atoms with Crippen LogP contribution in [0.15, 0.2) is 35.4 Å². The summed E-state index contributed by atoms with van der Waals surface area (Å²) in [5.41, 5.74) is 0.959. The third-order valence-corrected chi connectivity index (χ3v) is 6.48. The standard InChI is InChI=1S/C17H20ClN3O4S/c1-2-26(23,24)21-8-7-13-15(11-21)19-12-20(17(13)22)9-10-25-16-6-4-3-5-14(16)18/h3-6,12H,2,7-11H2,1H3. The molecule has 0 saturated carbocycles. The maximum atomic E-state index is 12.6. The molecule has 1 aromatic carbocycles. The van der Waals surface area contributed by atoms with E-state index in [1.165, 1.54) is 15.2 Å². The van der Waals surface area contributed by atoms with E-state index >= 15 is 0 Å². The number of rotatable bonds is 6. The molecule has 2 heterocycles. The Labute approximate surface area is 157 Å². The minimum atomic E-state index is -3.28. The Morgan fingerprint density at radius 3 is 2.81 bits per heavy atom. The average molecular weight is 398 g/mol. The van der Waals surface area contributed by atoms with Gasteiger partial charge in [0.25, 0.3) is 5.56 Å². The molecule has 2 aromatic rings. The number of halogens is 1. The largest absolute Gasteiger partial charge is 0.490 e. The Hall–Kier alpha value is -1.90. The van der Waals surface area contributed by atoms with Gasteiger partial charge >= 0.3 is 0 Å². The molecular formula is C17H20ClN3O4S. The summed E-state index contributed by atoms with van der Waals surface area (Å²) in [4.78, 5) is 16.9. The van der Waals surface area contributed by atoms with Crippen LogP contribution in [0.2, 0.25) is 5.02 Å². The van der Waals surface area contributed by atoms with E-state index in [2.05, 4.69) is 4.98 Å². The fourth-order valence-electron chi connectivity index (χ4n) is 2.83. The summed E-state index contributed by atoms with van der Waals surface area (Å²) in [6.07, 6.45) is 1.81. The molecule has 0 amide bonds. The second-order valence-corrected chi connectivity index (χ2v) is 8.60. The first-order chi connectivity index (χ1) is 12.4. The van der Waals surface area contributed by atoms with Gasteiger partial charge in [-0.15, -0.1) is 0 Å². The van der Waals surface area contributed by atoms with Crippen LogP contribution in [-0.2, 0) is 29.5 Å². The van der Waals surface area contributed by atoms with Crippen LogP contribution in [0.5, 0.6) is 5.75 Å². The van der Waals surface area contributed by atoms with Gasteiger partial charge in [-0.1, -0.05) is 23.7 Å². The zero-order valence-corrected chi connectivity index (χ0v) is 16.0. The smallest absolute Gasteiger partial charge is 0.256 e. The molecule has 1 aromatic heterocycles. The SMILES string of the molecule is CCS(=O)(=O)N1CCc2c(ncn(CCOc3ccccc3Cl)c2=O)C1. The summed E-state index contributed by atoms with van der Waals surface area (Å²) < 4.78 is 32.5.